The molecular weight excluding hydrogens is 416 g/mol. The highest BCUT2D eigenvalue weighted by atomic mass is 127. The zero-order valence-corrected chi connectivity index (χ0v) is 15.1. The van der Waals surface area contributed by atoms with Gasteiger partial charge in [0.2, 0.25) is 0 Å². The van der Waals surface area contributed by atoms with E-state index >= 15 is 0 Å². The van der Waals surface area contributed by atoms with E-state index in [0.29, 0.717) is 25.6 Å². The number of guanidine groups is 1. The summed E-state index contributed by atoms with van der Waals surface area (Å²) in [5.41, 5.74) is 1.15. The van der Waals surface area contributed by atoms with E-state index in [9.17, 15) is 13.2 Å². The Bertz CT molecular complexity index is 409. The first-order valence-corrected chi connectivity index (χ1v) is 7.06. The van der Waals surface area contributed by atoms with Crippen molar-refractivity contribution in [1.82, 2.24) is 15.5 Å². The Hall–Kier alpha value is -0.550. The molecule has 0 atom stereocenters. The molecule has 0 radical (unpaired) electrons. The van der Waals surface area contributed by atoms with E-state index in [-0.39, 0.29) is 24.0 Å². The first-order chi connectivity index (χ1) is 9.40. The highest BCUT2D eigenvalue weighted by molar-refractivity contribution is 14.0. The third-order valence-corrected chi connectivity index (χ3v) is 3.23. The second-order valence-corrected chi connectivity index (χ2v) is 5.12. The lowest BCUT2D eigenvalue weighted by Crippen LogP contribution is -2.42. The molecule has 0 spiro atoms. The van der Waals surface area contributed by atoms with Crippen molar-refractivity contribution < 1.29 is 13.2 Å². The lowest BCUT2D eigenvalue weighted by Gasteiger charge is -2.19. The number of nitrogens with one attached hydrogen (secondary N) is 2. The molecule has 0 unspecified atom stereocenters. The molecule has 0 saturated carbocycles. The number of nitrogens with zero attached hydrogens (tertiary/aromatic N) is 2. The smallest absolute Gasteiger partial charge is 0.355 e. The first kappa shape index (κ1) is 20.5. The highest BCUT2D eigenvalue weighted by Gasteiger charge is 2.28. The van der Waals surface area contributed by atoms with Gasteiger partial charge in [0.1, 0.15) is 0 Å². The van der Waals surface area contributed by atoms with E-state index < -0.39 is 12.7 Å². The fraction of sp³-hybridized carbons (Fsp3) is 0.583. The van der Waals surface area contributed by atoms with Crippen LogP contribution in [0.15, 0.2) is 21.8 Å². The van der Waals surface area contributed by atoms with E-state index in [1.54, 1.807) is 18.4 Å². The molecular formula is C12H20F3IN4S. The third kappa shape index (κ3) is 9.91. The standard InChI is InChI=1S/C12H19F3N4S.HI/c1-16-11(18-7-10-3-6-20-8-10)17-4-5-19(2)9-12(13,14)15;/h3,6,8H,4-5,7,9H2,1-2H3,(H2,16,17,18);1H. The van der Waals surface area contributed by atoms with Crippen molar-refractivity contribution in [3.8, 4) is 0 Å². The molecule has 0 amide bonds. The third-order valence-electron chi connectivity index (χ3n) is 2.50. The number of hydrogen-bond donors (Lipinski definition) is 2. The number of alkyl halides is 3. The van der Waals surface area contributed by atoms with E-state index in [0.717, 1.165) is 5.56 Å². The van der Waals surface area contributed by atoms with Gasteiger partial charge < -0.3 is 10.6 Å². The molecule has 9 heteroatoms. The van der Waals surface area contributed by atoms with Crippen LogP contribution < -0.4 is 10.6 Å². The van der Waals surface area contributed by atoms with Crippen LogP contribution in [0.3, 0.4) is 0 Å². The van der Waals surface area contributed by atoms with Gasteiger partial charge in [0.25, 0.3) is 0 Å². The Morgan fingerprint density at radius 3 is 2.62 bits per heavy atom. The van der Waals surface area contributed by atoms with Crippen molar-refractivity contribution in [3.05, 3.63) is 22.4 Å². The van der Waals surface area contributed by atoms with Crippen molar-refractivity contribution in [3.63, 3.8) is 0 Å². The van der Waals surface area contributed by atoms with Crippen LogP contribution in [0.25, 0.3) is 0 Å². The molecule has 4 nitrogen and oxygen atoms in total. The van der Waals surface area contributed by atoms with Gasteiger partial charge in [-0.15, -0.1) is 24.0 Å². The molecule has 0 aliphatic heterocycles. The minimum Gasteiger partial charge on any atom is -0.355 e. The predicted molar refractivity (Wildman–Crippen MR) is 91.5 cm³/mol. The number of likely N-dealkylation sites (N-methyl/N-ethyl adjacent to an activating group) is 1. The summed E-state index contributed by atoms with van der Waals surface area (Å²) in [5.74, 6) is 0.580. The van der Waals surface area contributed by atoms with Crippen LogP contribution in [-0.2, 0) is 6.54 Å². The lowest BCUT2D eigenvalue weighted by atomic mass is 10.3. The molecule has 0 saturated heterocycles. The molecule has 0 aliphatic carbocycles. The van der Waals surface area contributed by atoms with Gasteiger partial charge in [0, 0.05) is 26.7 Å². The summed E-state index contributed by atoms with van der Waals surface area (Å²) in [4.78, 5) is 5.24. The molecule has 0 aliphatic rings. The Kier molecular flexibility index (Phi) is 9.95. The molecule has 1 aromatic rings. The summed E-state index contributed by atoms with van der Waals surface area (Å²) in [7, 11) is 3.07. The van der Waals surface area contributed by atoms with Gasteiger partial charge in [0.05, 0.1) is 6.54 Å². The number of thiophene rings is 1. The minimum absolute atomic E-state index is 0. The van der Waals surface area contributed by atoms with Crippen LogP contribution >= 0.6 is 35.3 Å². The Morgan fingerprint density at radius 2 is 2.10 bits per heavy atom. The summed E-state index contributed by atoms with van der Waals surface area (Å²) in [5, 5.41) is 10.1. The average molecular weight is 436 g/mol. The summed E-state index contributed by atoms with van der Waals surface area (Å²) in [6.45, 7) is 0.422. The van der Waals surface area contributed by atoms with Crippen LogP contribution in [0.4, 0.5) is 13.2 Å². The second kappa shape index (κ2) is 10.2. The van der Waals surface area contributed by atoms with Crippen molar-refractivity contribution in [2.45, 2.75) is 12.7 Å². The van der Waals surface area contributed by atoms with Gasteiger partial charge in [-0.1, -0.05) is 0 Å². The molecule has 1 rings (SSSR count). The van der Waals surface area contributed by atoms with Crippen LogP contribution in [0.2, 0.25) is 0 Å². The number of rotatable bonds is 6. The number of hydrogen-bond acceptors (Lipinski definition) is 3. The molecule has 1 heterocycles. The molecule has 122 valence electrons. The summed E-state index contributed by atoms with van der Waals surface area (Å²) in [6, 6.07) is 2.00. The van der Waals surface area contributed by atoms with Crippen molar-refractivity contribution in [1.29, 1.82) is 0 Å². The van der Waals surface area contributed by atoms with E-state index in [1.165, 1.54) is 11.9 Å². The minimum atomic E-state index is -4.16. The quantitative estimate of drug-likeness (QED) is 0.409. The van der Waals surface area contributed by atoms with E-state index in [4.69, 9.17) is 0 Å². The van der Waals surface area contributed by atoms with Crippen LogP contribution in [0.5, 0.6) is 0 Å². The second-order valence-electron chi connectivity index (χ2n) is 4.34. The topological polar surface area (TPSA) is 39.7 Å². The SMILES string of the molecule is CN=C(NCCN(C)CC(F)(F)F)NCc1ccsc1.I. The van der Waals surface area contributed by atoms with Crippen LogP contribution in [0.1, 0.15) is 5.56 Å². The zero-order chi connectivity index (χ0) is 15.0. The maximum absolute atomic E-state index is 12.1. The summed E-state index contributed by atoms with van der Waals surface area (Å²) >= 11 is 1.61. The molecule has 2 N–H and O–H groups in total. The fourth-order valence-corrected chi connectivity index (χ4v) is 2.22. The predicted octanol–water partition coefficient (Wildman–Crippen LogP) is 2.53. The van der Waals surface area contributed by atoms with Crippen molar-refractivity contribution in [2.75, 3.05) is 33.7 Å². The van der Waals surface area contributed by atoms with Crippen molar-refractivity contribution >= 4 is 41.3 Å². The normalized spacial score (nSPS) is 12.2. The Labute approximate surface area is 143 Å². The van der Waals surface area contributed by atoms with Gasteiger partial charge in [-0.2, -0.15) is 24.5 Å². The molecule has 0 aromatic carbocycles. The summed E-state index contributed by atoms with van der Waals surface area (Å²) < 4.78 is 36.4. The Morgan fingerprint density at radius 1 is 1.38 bits per heavy atom. The molecule has 21 heavy (non-hydrogen) atoms. The van der Waals surface area contributed by atoms with E-state index in [1.807, 2.05) is 16.8 Å². The maximum atomic E-state index is 12.1. The highest BCUT2D eigenvalue weighted by Crippen LogP contribution is 2.14. The van der Waals surface area contributed by atoms with Gasteiger partial charge in [0.15, 0.2) is 5.96 Å². The lowest BCUT2D eigenvalue weighted by molar-refractivity contribution is -0.142. The largest absolute Gasteiger partial charge is 0.401 e. The molecule has 0 fully saturated rings. The van der Waals surface area contributed by atoms with Crippen molar-refractivity contribution in [2.24, 2.45) is 4.99 Å². The monoisotopic (exact) mass is 436 g/mol. The van der Waals surface area contributed by atoms with Crippen LogP contribution in [-0.4, -0.2) is 50.8 Å². The zero-order valence-electron chi connectivity index (χ0n) is 11.9. The van der Waals surface area contributed by atoms with Gasteiger partial charge in [-0.25, -0.2) is 0 Å². The number of halogens is 4. The van der Waals surface area contributed by atoms with Gasteiger partial charge >= 0.3 is 6.18 Å². The van der Waals surface area contributed by atoms with Gasteiger partial charge in [-0.3, -0.25) is 9.89 Å². The molecule has 1 aromatic heterocycles. The average Bonchev–Trinajstić information content (AvgIpc) is 2.84. The first-order valence-electron chi connectivity index (χ1n) is 6.11. The van der Waals surface area contributed by atoms with Gasteiger partial charge in [-0.05, 0) is 29.4 Å². The Balaban J connectivity index is 0.00000400. The fourth-order valence-electron chi connectivity index (χ4n) is 1.55. The maximum Gasteiger partial charge on any atom is 0.401 e. The molecule has 0 bridgehead atoms. The van der Waals surface area contributed by atoms with Crippen LogP contribution in [0, 0.1) is 0 Å². The van der Waals surface area contributed by atoms with E-state index in [2.05, 4.69) is 15.6 Å². The summed E-state index contributed by atoms with van der Waals surface area (Å²) in [6.07, 6.45) is -4.16. The number of aliphatic imine (C=N–C) groups is 1.